The van der Waals surface area contributed by atoms with Gasteiger partial charge in [0, 0.05) is 5.69 Å². The highest BCUT2D eigenvalue weighted by Gasteiger charge is 2.21. The SMILES string of the molecule is COc1ccccc1OCc1c(C(=O)Nc2ccc(C)c(C)c2)noc1C. The molecule has 6 heteroatoms. The van der Waals surface area contributed by atoms with Crippen molar-refractivity contribution in [1.82, 2.24) is 5.16 Å². The number of nitrogens with one attached hydrogen (secondary N) is 1. The summed E-state index contributed by atoms with van der Waals surface area (Å²) < 4.78 is 16.3. The lowest BCUT2D eigenvalue weighted by Gasteiger charge is -2.11. The summed E-state index contributed by atoms with van der Waals surface area (Å²) >= 11 is 0. The van der Waals surface area contributed by atoms with Gasteiger partial charge in [0.05, 0.1) is 12.7 Å². The van der Waals surface area contributed by atoms with Crippen LogP contribution in [0.5, 0.6) is 11.5 Å². The van der Waals surface area contributed by atoms with Gasteiger partial charge in [-0.2, -0.15) is 0 Å². The number of aryl methyl sites for hydroxylation is 3. The van der Waals surface area contributed by atoms with Crippen molar-refractivity contribution in [3.05, 3.63) is 70.6 Å². The Morgan fingerprint density at radius 2 is 1.81 bits per heavy atom. The third-order valence-corrected chi connectivity index (χ3v) is 4.41. The Labute approximate surface area is 158 Å². The highest BCUT2D eigenvalue weighted by atomic mass is 16.5. The zero-order valence-electron chi connectivity index (χ0n) is 15.8. The second-order valence-corrected chi connectivity index (χ2v) is 6.26. The summed E-state index contributed by atoms with van der Waals surface area (Å²) in [6, 6.07) is 13.1. The number of benzene rings is 2. The lowest BCUT2D eigenvalue weighted by molar-refractivity contribution is 0.101. The molecule has 6 nitrogen and oxygen atoms in total. The number of amides is 1. The fourth-order valence-corrected chi connectivity index (χ4v) is 2.64. The minimum Gasteiger partial charge on any atom is -0.493 e. The Morgan fingerprint density at radius 3 is 2.52 bits per heavy atom. The summed E-state index contributed by atoms with van der Waals surface area (Å²) in [6.45, 7) is 5.92. The molecule has 3 rings (SSSR count). The average Bonchev–Trinajstić information content (AvgIpc) is 3.04. The molecule has 0 bridgehead atoms. The van der Waals surface area contributed by atoms with Gasteiger partial charge in [-0.15, -0.1) is 0 Å². The van der Waals surface area contributed by atoms with E-state index in [1.807, 2.05) is 50.2 Å². The molecule has 0 unspecified atom stereocenters. The molecule has 0 spiro atoms. The van der Waals surface area contributed by atoms with Crippen LogP contribution in [-0.4, -0.2) is 18.2 Å². The van der Waals surface area contributed by atoms with Crippen LogP contribution in [0.1, 0.15) is 32.9 Å². The molecule has 0 radical (unpaired) electrons. The Morgan fingerprint density at radius 1 is 1.07 bits per heavy atom. The molecule has 27 heavy (non-hydrogen) atoms. The van der Waals surface area contributed by atoms with Crippen LogP contribution >= 0.6 is 0 Å². The maximum absolute atomic E-state index is 12.7. The predicted octanol–water partition coefficient (Wildman–Crippen LogP) is 4.44. The van der Waals surface area contributed by atoms with Crippen molar-refractivity contribution >= 4 is 11.6 Å². The van der Waals surface area contributed by atoms with Crippen LogP contribution in [0.3, 0.4) is 0 Å². The Kier molecular flexibility index (Phi) is 5.45. The van der Waals surface area contributed by atoms with Gasteiger partial charge < -0.3 is 19.3 Å². The molecule has 0 fully saturated rings. The normalized spacial score (nSPS) is 10.5. The number of nitrogens with zero attached hydrogens (tertiary/aromatic N) is 1. The van der Waals surface area contributed by atoms with E-state index in [1.165, 1.54) is 0 Å². The molecule has 1 heterocycles. The highest BCUT2D eigenvalue weighted by Crippen LogP contribution is 2.27. The Bertz CT molecular complexity index is 963. The zero-order chi connectivity index (χ0) is 19.4. The van der Waals surface area contributed by atoms with Crippen molar-refractivity contribution in [1.29, 1.82) is 0 Å². The van der Waals surface area contributed by atoms with E-state index in [2.05, 4.69) is 10.5 Å². The maximum atomic E-state index is 12.7. The van der Waals surface area contributed by atoms with Gasteiger partial charge in [-0.25, -0.2) is 0 Å². The summed E-state index contributed by atoms with van der Waals surface area (Å²) in [5.74, 6) is 1.40. The summed E-state index contributed by atoms with van der Waals surface area (Å²) in [5, 5.41) is 6.77. The first-order valence-electron chi connectivity index (χ1n) is 8.59. The number of hydrogen-bond donors (Lipinski definition) is 1. The standard InChI is InChI=1S/C21H22N2O4/c1-13-9-10-16(11-14(13)2)22-21(24)20-17(15(3)27-23-20)12-26-19-8-6-5-7-18(19)25-4/h5-11H,12H2,1-4H3,(H,22,24). The molecule has 1 amide bonds. The van der Waals surface area contributed by atoms with Gasteiger partial charge in [0.25, 0.3) is 5.91 Å². The topological polar surface area (TPSA) is 73.6 Å². The van der Waals surface area contributed by atoms with Crippen molar-refractivity contribution in [3.8, 4) is 11.5 Å². The third-order valence-electron chi connectivity index (χ3n) is 4.41. The first-order valence-corrected chi connectivity index (χ1v) is 8.59. The fraction of sp³-hybridized carbons (Fsp3) is 0.238. The van der Waals surface area contributed by atoms with Crippen LogP contribution in [0.15, 0.2) is 47.0 Å². The van der Waals surface area contributed by atoms with Crippen molar-refractivity contribution in [2.45, 2.75) is 27.4 Å². The second kappa shape index (κ2) is 7.95. The number of anilines is 1. The quantitative estimate of drug-likeness (QED) is 0.698. The maximum Gasteiger partial charge on any atom is 0.278 e. The number of hydrogen-bond acceptors (Lipinski definition) is 5. The van der Waals surface area contributed by atoms with Gasteiger partial charge in [0.2, 0.25) is 0 Å². The van der Waals surface area contributed by atoms with E-state index in [-0.39, 0.29) is 18.2 Å². The Hall–Kier alpha value is -3.28. The third kappa shape index (κ3) is 4.11. The van der Waals surface area contributed by atoms with Crippen molar-refractivity contribution in [2.75, 3.05) is 12.4 Å². The number of aromatic nitrogens is 1. The lowest BCUT2D eigenvalue weighted by Crippen LogP contribution is -2.15. The lowest BCUT2D eigenvalue weighted by atomic mass is 10.1. The summed E-state index contributed by atoms with van der Waals surface area (Å²) in [6.07, 6.45) is 0. The summed E-state index contributed by atoms with van der Waals surface area (Å²) in [5.41, 5.74) is 3.78. The molecule has 1 aromatic heterocycles. The molecule has 0 atom stereocenters. The number of carbonyl (C=O) groups excluding carboxylic acids is 1. The van der Waals surface area contributed by atoms with Crippen LogP contribution in [0, 0.1) is 20.8 Å². The molecular formula is C21H22N2O4. The van der Waals surface area contributed by atoms with Crippen LogP contribution < -0.4 is 14.8 Å². The molecule has 140 valence electrons. The predicted molar refractivity (Wildman–Crippen MR) is 102 cm³/mol. The van der Waals surface area contributed by atoms with E-state index in [0.29, 0.717) is 28.5 Å². The molecule has 3 aromatic rings. The number of carbonyl (C=O) groups is 1. The molecule has 1 N–H and O–H groups in total. The number of methoxy groups -OCH3 is 1. The van der Waals surface area contributed by atoms with E-state index in [4.69, 9.17) is 14.0 Å². The largest absolute Gasteiger partial charge is 0.493 e. The average molecular weight is 366 g/mol. The van der Waals surface area contributed by atoms with Gasteiger partial charge in [-0.3, -0.25) is 4.79 Å². The Balaban J connectivity index is 1.77. The minimum atomic E-state index is -0.339. The van der Waals surface area contributed by atoms with Crippen molar-refractivity contribution in [3.63, 3.8) is 0 Å². The van der Waals surface area contributed by atoms with Crippen molar-refractivity contribution in [2.24, 2.45) is 0 Å². The molecule has 0 aliphatic heterocycles. The van der Waals surface area contributed by atoms with Gasteiger partial charge in [-0.05, 0) is 56.2 Å². The molecule has 0 aliphatic carbocycles. The smallest absolute Gasteiger partial charge is 0.278 e. The van der Waals surface area contributed by atoms with Crippen LogP contribution in [0.4, 0.5) is 5.69 Å². The van der Waals surface area contributed by atoms with Crippen LogP contribution in [0.25, 0.3) is 0 Å². The zero-order valence-corrected chi connectivity index (χ0v) is 15.8. The van der Waals surface area contributed by atoms with Crippen LogP contribution in [0.2, 0.25) is 0 Å². The number of ether oxygens (including phenoxy) is 2. The minimum absolute atomic E-state index is 0.144. The van der Waals surface area contributed by atoms with E-state index in [0.717, 1.165) is 11.1 Å². The monoisotopic (exact) mass is 366 g/mol. The van der Waals surface area contributed by atoms with E-state index < -0.39 is 0 Å². The molecule has 0 aliphatic rings. The van der Waals surface area contributed by atoms with E-state index in [9.17, 15) is 4.79 Å². The number of para-hydroxylation sites is 2. The summed E-state index contributed by atoms with van der Waals surface area (Å²) in [4.78, 5) is 12.7. The summed E-state index contributed by atoms with van der Waals surface area (Å²) in [7, 11) is 1.58. The first-order chi connectivity index (χ1) is 13.0. The molecule has 0 saturated carbocycles. The van der Waals surface area contributed by atoms with Gasteiger partial charge in [0.1, 0.15) is 12.4 Å². The highest BCUT2D eigenvalue weighted by molar-refractivity contribution is 6.03. The van der Waals surface area contributed by atoms with E-state index in [1.54, 1.807) is 20.1 Å². The van der Waals surface area contributed by atoms with E-state index >= 15 is 0 Å². The van der Waals surface area contributed by atoms with Gasteiger partial charge in [-0.1, -0.05) is 23.4 Å². The van der Waals surface area contributed by atoms with Gasteiger partial charge >= 0.3 is 0 Å². The molecule has 0 saturated heterocycles. The number of rotatable bonds is 6. The molecule has 2 aromatic carbocycles. The fourth-order valence-electron chi connectivity index (χ4n) is 2.64. The molecular weight excluding hydrogens is 344 g/mol. The van der Waals surface area contributed by atoms with Gasteiger partial charge in [0.15, 0.2) is 17.2 Å². The van der Waals surface area contributed by atoms with Crippen LogP contribution in [-0.2, 0) is 6.61 Å². The second-order valence-electron chi connectivity index (χ2n) is 6.26. The van der Waals surface area contributed by atoms with Crippen molar-refractivity contribution < 1.29 is 18.8 Å². The first kappa shape index (κ1) is 18.5.